The molecule has 0 saturated heterocycles. The lowest BCUT2D eigenvalue weighted by atomic mass is 10.2. The summed E-state index contributed by atoms with van der Waals surface area (Å²) in [6.45, 7) is 1.81. The van der Waals surface area contributed by atoms with E-state index in [0.29, 0.717) is 0 Å². The number of benzene rings is 1. The third kappa shape index (κ3) is 0.756. The Balaban J connectivity index is 2.93. The van der Waals surface area contributed by atoms with Crippen LogP contribution in [0.25, 0.3) is 11.0 Å². The fourth-order valence-corrected chi connectivity index (χ4v) is 1.04. The fraction of sp³-hybridized carbons (Fsp3) is 0.143. The van der Waals surface area contributed by atoms with Gasteiger partial charge in [0.15, 0.2) is 0 Å². The van der Waals surface area contributed by atoms with E-state index in [2.05, 4.69) is 15.4 Å². The van der Waals surface area contributed by atoms with Crippen molar-refractivity contribution < 1.29 is 5.11 Å². The molecule has 1 aromatic heterocycles. The molecule has 0 aliphatic carbocycles. The third-order valence-corrected chi connectivity index (χ3v) is 1.72. The van der Waals surface area contributed by atoms with Crippen molar-refractivity contribution in [3.8, 4) is 5.75 Å². The average Bonchev–Trinajstić information content (AvgIpc) is 2.45. The number of aromatic amines is 1. The lowest BCUT2D eigenvalue weighted by molar-refractivity contribution is 0.472. The lowest BCUT2D eigenvalue weighted by Gasteiger charge is -1.95. The molecule has 4 nitrogen and oxygen atoms in total. The Hall–Kier alpha value is -1.58. The van der Waals surface area contributed by atoms with Gasteiger partial charge in [-0.1, -0.05) is 5.21 Å². The van der Waals surface area contributed by atoms with Crippen molar-refractivity contribution in [1.82, 2.24) is 15.4 Å². The molecule has 0 aliphatic rings. The molecule has 0 unspecified atom stereocenters. The monoisotopic (exact) mass is 149 g/mol. The van der Waals surface area contributed by atoms with Gasteiger partial charge < -0.3 is 5.11 Å². The summed E-state index contributed by atoms with van der Waals surface area (Å²) in [6, 6.07) is 3.37. The van der Waals surface area contributed by atoms with E-state index in [9.17, 15) is 5.11 Å². The summed E-state index contributed by atoms with van der Waals surface area (Å²) in [5.41, 5.74) is 2.33. The number of nitrogens with zero attached hydrogens (tertiary/aromatic N) is 2. The Bertz CT molecular complexity index is 393. The molecule has 0 amide bonds. The van der Waals surface area contributed by atoms with Crippen LogP contribution in [0.15, 0.2) is 12.1 Å². The van der Waals surface area contributed by atoms with Crippen LogP contribution in [0.1, 0.15) is 5.56 Å². The van der Waals surface area contributed by atoms with Crippen molar-refractivity contribution in [1.29, 1.82) is 0 Å². The molecule has 11 heavy (non-hydrogen) atoms. The van der Waals surface area contributed by atoms with Crippen LogP contribution in [0.3, 0.4) is 0 Å². The zero-order valence-corrected chi connectivity index (χ0v) is 6.00. The Kier molecular flexibility index (Phi) is 1.09. The van der Waals surface area contributed by atoms with Crippen LogP contribution in [0.4, 0.5) is 0 Å². The molecule has 0 bridgehead atoms. The summed E-state index contributed by atoms with van der Waals surface area (Å²) < 4.78 is 0. The number of aromatic nitrogens is 3. The second-order valence-electron chi connectivity index (χ2n) is 2.42. The number of hydrogen-bond acceptors (Lipinski definition) is 3. The molecule has 2 N–H and O–H groups in total. The fourth-order valence-electron chi connectivity index (χ4n) is 1.04. The van der Waals surface area contributed by atoms with E-state index in [4.69, 9.17) is 0 Å². The molecule has 0 radical (unpaired) electrons. The molecule has 4 heteroatoms. The number of nitrogens with one attached hydrogen (secondary N) is 1. The summed E-state index contributed by atoms with van der Waals surface area (Å²) in [7, 11) is 0. The number of aromatic hydroxyl groups is 1. The molecule has 0 atom stereocenters. The third-order valence-electron chi connectivity index (χ3n) is 1.72. The summed E-state index contributed by atoms with van der Waals surface area (Å²) in [6.07, 6.45) is 0. The highest BCUT2D eigenvalue weighted by Crippen LogP contribution is 2.22. The highest BCUT2D eigenvalue weighted by molar-refractivity contribution is 5.79. The smallest absolute Gasteiger partial charge is 0.120 e. The van der Waals surface area contributed by atoms with E-state index >= 15 is 0 Å². The number of H-pyrrole nitrogens is 1. The first-order valence-corrected chi connectivity index (χ1v) is 3.28. The van der Waals surface area contributed by atoms with Crippen LogP contribution >= 0.6 is 0 Å². The van der Waals surface area contributed by atoms with Gasteiger partial charge in [0.2, 0.25) is 0 Å². The maximum absolute atomic E-state index is 9.25. The van der Waals surface area contributed by atoms with E-state index < -0.39 is 0 Å². The van der Waals surface area contributed by atoms with Crippen molar-refractivity contribution in [2.24, 2.45) is 0 Å². The first-order valence-electron chi connectivity index (χ1n) is 3.28. The van der Waals surface area contributed by atoms with E-state index in [1.165, 1.54) is 0 Å². The zero-order chi connectivity index (χ0) is 7.84. The van der Waals surface area contributed by atoms with Crippen LogP contribution < -0.4 is 0 Å². The van der Waals surface area contributed by atoms with Gasteiger partial charge in [-0.25, -0.2) is 0 Å². The van der Waals surface area contributed by atoms with E-state index in [-0.39, 0.29) is 5.75 Å². The van der Waals surface area contributed by atoms with Gasteiger partial charge in [0.1, 0.15) is 11.3 Å². The Labute approximate surface area is 62.9 Å². The standard InChI is InChI=1S/C7H7N3O/c1-4-6(11)3-2-5-7(4)9-10-8-5/h2-3,11H,1H3,(H,8,9,10). The van der Waals surface area contributed by atoms with Crippen LogP contribution in [0, 0.1) is 6.92 Å². The van der Waals surface area contributed by atoms with Crippen LogP contribution in [0.2, 0.25) is 0 Å². The molecule has 0 fully saturated rings. The second-order valence-corrected chi connectivity index (χ2v) is 2.42. The first-order chi connectivity index (χ1) is 5.29. The number of aryl methyl sites for hydroxylation is 1. The quantitative estimate of drug-likeness (QED) is 0.586. The summed E-state index contributed by atoms with van der Waals surface area (Å²) >= 11 is 0. The molecule has 2 aromatic rings. The average molecular weight is 149 g/mol. The molecular formula is C7H7N3O. The van der Waals surface area contributed by atoms with Crippen molar-refractivity contribution in [3.63, 3.8) is 0 Å². The number of phenolic OH excluding ortho intramolecular Hbond substituents is 1. The molecule has 0 aliphatic heterocycles. The summed E-state index contributed by atoms with van der Waals surface area (Å²) in [5.74, 6) is 0.256. The number of phenols is 1. The number of rotatable bonds is 0. The predicted molar refractivity (Wildman–Crippen MR) is 40.3 cm³/mol. The van der Waals surface area contributed by atoms with Crippen molar-refractivity contribution in [3.05, 3.63) is 17.7 Å². The highest BCUT2D eigenvalue weighted by atomic mass is 16.3. The second kappa shape index (κ2) is 1.95. The van der Waals surface area contributed by atoms with Gasteiger partial charge in [-0.05, 0) is 19.1 Å². The summed E-state index contributed by atoms with van der Waals surface area (Å²) in [4.78, 5) is 0. The van der Waals surface area contributed by atoms with E-state index in [0.717, 1.165) is 16.6 Å². The lowest BCUT2D eigenvalue weighted by Crippen LogP contribution is -1.77. The minimum atomic E-state index is 0.256. The Morgan fingerprint density at radius 3 is 3.09 bits per heavy atom. The molecule has 1 aromatic carbocycles. The molecular weight excluding hydrogens is 142 g/mol. The van der Waals surface area contributed by atoms with Gasteiger partial charge in [-0.3, -0.25) is 5.10 Å². The van der Waals surface area contributed by atoms with Crippen molar-refractivity contribution in [2.45, 2.75) is 6.92 Å². The van der Waals surface area contributed by atoms with Crippen LogP contribution in [-0.4, -0.2) is 20.5 Å². The first kappa shape index (κ1) is 6.15. The maximum Gasteiger partial charge on any atom is 0.120 e. The minimum Gasteiger partial charge on any atom is -0.508 e. The van der Waals surface area contributed by atoms with Gasteiger partial charge in [-0.15, -0.1) is 5.10 Å². The van der Waals surface area contributed by atoms with Gasteiger partial charge in [0, 0.05) is 5.56 Å². The predicted octanol–water partition coefficient (Wildman–Crippen LogP) is 0.972. The van der Waals surface area contributed by atoms with Gasteiger partial charge in [0.05, 0.1) is 5.52 Å². The van der Waals surface area contributed by atoms with Gasteiger partial charge in [0.25, 0.3) is 0 Å². The van der Waals surface area contributed by atoms with Gasteiger partial charge in [-0.2, -0.15) is 0 Å². The molecule has 1 heterocycles. The minimum absolute atomic E-state index is 0.256. The molecule has 2 rings (SSSR count). The molecule has 0 spiro atoms. The highest BCUT2D eigenvalue weighted by Gasteiger charge is 2.03. The number of fused-ring (bicyclic) bond motifs is 1. The SMILES string of the molecule is Cc1c(O)ccc2[nH]nnc12. The largest absolute Gasteiger partial charge is 0.508 e. The van der Waals surface area contributed by atoms with Gasteiger partial charge >= 0.3 is 0 Å². The Morgan fingerprint density at radius 2 is 2.27 bits per heavy atom. The molecule has 56 valence electrons. The Morgan fingerprint density at radius 1 is 1.45 bits per heavy atom. The van der Waals surface area contributed by atoms with E-state index in [1.54, 1.807) is 19.1 Å². The molecule has 0 saturated carbocycles. The maximum atomic E-state index is 9.25. The van der Waals surface area contributed by atoms with E-state index in [1.807, 2.05) is 0 Å². The van der Waals surface area contributed by atoms with Crippen molar-refractivity contribution >= 4 is 11.0 Å². The van der Waals surface area contributed by atoms with Crippen molar-refractivity contribution in [2.75, 3.05) is 0 Å². The topological polar surface area (TPSA) is 61.8 Å². The van der Waals surface area contributed by atoms with Crippen LogP contribution in [-0.2, 0) is 0 Å². The number of hydrogen-bond donors (Lipinski definition) is 2. The summed E-state index contributed by atoms with van der Waals surface area (Å²) in [5, 5.41) is 19.4. The normalized spacial score (nSPS) is 10.6. The zero-order valence-electron chi connectivity index (χ0n) is 6.00. The van der Waals surface area contributed by atoms with Crippen LogP contribution in [0.5, 0.6) is 5.75 Å².